The van der Waals surface area contributed by atoms with Crippen molar-refractivity contribution in [3.63, 3.8) is 0 Å². The van der Waals surface area contributed by atoms with E-state index in [2.05, 4.69) is 14.5 Å². The van der Waals surface area contributed by atoms with Crippen LogP contribution in [0.15, 0.2) is 116 Å². The summed E-state index contributed by atoms with van der Waals surface area (Å²) in [5, 5.41) is 0. The standard InChI is InChI=1S/C38H35F4N3O4/c1-25-9-13-30(14-10-25)38(2,3)45(37(46)47-24-27-7-5-4-6-8-27)34-16-12-29(23-44-34)31(21-26-17-19-43-20-18-26)28-11-15-32(48-35(39)40)33(22-28)49-36(41)42/h4-20,22-23,31,35-36H,21,24H2,1-3H3. The largest absolute Gasteiger partial charge is 0.444 e. The Morgan fingerprint density at radius 2 is 1.43 bits per heavy atom. The summed E-state index contributed by atoms with van der Waals surface area (Å²) >= 11 is 0. The molecule has 1 unspecified atom stereocenters. The van der Waals surface area contributed by atoms with Gasteiger partial charge in [-0.25, -0.2) is 9.78 Å². The van der Waals surface area contributed by atoms with Crippen LogP contribution in [0.3, 0.4) is 0 Å². The van der Waals surface area contributed by atoms with Gasteiger partial charge in [-0.15, -0.1) is 0 Å². The van der Waals surface area contributed by atoms with Crippen molar-refractivity contribution < 1.29 is 36.6 Å². The lowest BCUT2D eigenvalue weighted by Crippen LogP contribution is -2.46. The second-order valence-electron chi connectivity index (χ2n) is 11.8. The van der Waals surface area contributed by atoms with Crippen LogP contribution >= 0.6 is 0 Å². The minimum absolute atomic E-state index is 0.0561. The number of nitrogens with zero attached hydrogens (tertiary/aromatic N) is 3. The fraction of sp³-hybridized carbons (Fsp3) is 0.237. The maximum absolute atomic E-state index is 13.8. The summed E-state index contributed by atoms with van der Waals surface area (Å²) in [6.07, 6.45) is 4.63. The van der Waals surface area contributed by atoms with Crippen molar-refractivity contribution in [3.8, 4) is 11.5 Å². The van der Waals surface area contributed by atoms with Crippen LogP contribution < -0.4 is 14.4 Å². The van der Waals surface area contributed by atoms with E-state index in [0.717, 1.165) is 22.3 Å². The van der Waals surface area contributed by atoms with E-state index >= 15 is 0 Å². The minimum atomic E-state index is -3.26. The Labute approximate surface area is 282 Å². The Balaban J connectivity index is 1.53. The first kappa shape index (κ1) is 34.9. The number of rotatable bonds is 13. The number of aromatic nitrogens is 2. The first-order chi connectivity index (χ1) is 23.5. The zero-order valence-electron chi connectivity index (χ0n) is 27.1. The number of hydrogen-bond acceptors (Lipinski definition) is 6. The average molecular weight is 674 g/mol. The molecule has 0 aliphatic heterocycles. The molecule has 2 heterocycles. The molecule has 254 valence electrons. The van der Waals surface area contributed by atoms with Gasteiger partial charge in [0, 0.05) is 24.5 Å². The minimum Gasteiger partial charge on any atom is -0.444 e. The highest BCUT2D eigenvalue weighted by Gasteiger charge is 2.36. The van der Waals surface area contributed by atoms with Gasteiger partial charge in [0.25, 0.3) is 0 Å². The third kappa shape index (κ3) is 8.92. The van der Waals surface area contributed by atoms with Gasteiger partial charge in [-0.3, -0.25) is 9.88 Å². The molecular weight excluding hydrogens is 638 g/mol. The van der Waals surface area contributed by atoms with Gasteiger partial charge in [-0.1, -0.05) is 72.3 Å². The lowest BCUT2D eigenvalue weighted by atomic mass is 9.86. The molecule has 1 amide bonds. The molecule has 0 aliphatic rings. The van der Waals surface area contributed by atoms with Crippen molar-refractivity contribution in [3.05, 3.63) is 149 Å². The fourth-order valence-electron chi connectivity index (χ4n) is 5.52. The van der Waals surface area contributed by atoms with E-state index < -0.39 is 42.3 Å². The smallest absolute Gasteiger partial charge is 0.416 e. The summed E-state index contributed by atoms with van der Waals surface area (Å²) in [6.45, 7) is -0.664. The van der Waals surface area contributed by atoms with Crippen molar-refractivity contribution in [2.75, 3.05) is 4.90 Å². The number of halogens is 4. The molecule has 0 bridgehead atoms. The Morgan fingerprint density at radius 1 is 0.776 bits per heavy atom. The van der Waals surface area contributed by atoms with Crippen LogP contribution in [0.1, 0.15) is 53.1 Å². The molecule has 0 N–H and O–H groups in total. The Hall–Kier alpha value is -5.45. The summed E-state index contributed by atoms with van der Waals surface area (Å²) in [4.78, 5) is 24.1. The van der Waals surface area contributed by atoms with Crippen LogP contribution in [-0.2, 0) is 23.3 Å². The van der Waals surface area contributed by atoms with Crippen molar-refractivity contribution in [2.24, 2.45) is 0 Å². The predicted molar refractivity (Wildman–Crippen MR) is 177 cm³/mol. The summed E-state index contributed by atoms with van der Waals surface area (Å²) in [6, 6.07) is 28.2. The van der Waals surface area contributed by atoms with Gasteiger partial charge < -0.3 is 14.2 Å². The summed E-state index contributed by atoms with van der Waals surface area (Å²) in [5.74, 6) is -1.21. The average Bonchev–Trinajstić information content (AvgIpc) is 3.08. The second kappa shape index (κ2) is 15.6. The molecular formula is C38H35F4N3O4. The quantitative estimate of drug-likeness (QED) is 0.116. The number of benzene rings is 3. The second-order valence-corrected chi connectivity index (χ2v) is 11.8. The van der Waals surface area contributed by atoms with Gasteiger partial charge in [-0.05, 0) is 85.3 Å². The van der Waals surface area contributed by atoms with Gasteiger partial charge in [-0.2, -0.15) is 17.6 Å². The molecule has 5 rings (SSSR count). The first-order valence-electron chi connectivity index (χ1n) is 15.5. The number of aryl methyl sites for hydroxylation is 1. The number of ether oxygens (including phenoxy) is 3. The van der Waals surface area contributed by atoms with Crippen molar-refractivity contribution in [1.82, 2.24) is 9.97 Å². The van der Waals surface area contributed by atoms with E-state index in [9.17, 15) is 22.4 Å². The molecule has 49 heavy (non-hydrogen) atoms. The monoisotopic (exact) mass is 673 g/mol. The maximum atomic E-state index is 13.8. The van der Waals surface area contributed by atoms with Gasteiger partial charge >= 0.3 is 19.3 Å². The Bertz CT molecular complexity index is 1810. The number of carbonyl (C=O) groups excluding carboxylic acids is 1. The van der Waals surface area contributed by atoms with E-state index in [1.165, 1.54) is 23.1 Å². The normalized spacial score (nSPS) is 12.1. The predicted octanol–water partition coefficient (Wildman–Crippen LogP) is 9.44. The van der Waals surface area contributed by atoms with E-state index in [1.54, 1.807) is 30.7 Å². The highest BCUT2D eigenvalue weighted by molar-refractivity contribution is 5.88. The maximum Gasteiger partial charge on any atom is 0.416 e. The lowest BCUT2D eigenvalue weighted by Gasteiger charge is -2.37. The van der Waals surface area contributed by atoms with Crippen LogP contribution in [0.2, 0.25) is 0 Å². The van der Waals surface area contributed by atoms with Crippen LogP contribution in [0.5, 0.6) is 11.5 Å². The summed E-state index contributed by atoms with van der Waals surface area (Å²) in [5.41, 5.74) is 3.88. The number of anilines is 1. The molecule has 0 fully saturated rings. The van der Waals surface area contributed by atoms with Crippen LogP contribution in [0, 0.1) is 6.92 Å². The van der Waals surface area contributed by atoms with Gasteiger partial charge in [0.15, 0.2) is 11.5 Å². The SMILES string of the molecule is Cc1ccc(C(C)(C)N(C(=O)OCc2ccccc2)c2ccc(C(Cc3ccncc3)c3ccc(OC(F)F)c(OC(F)F)c3)cn2)cc1. The first-order valence-corrected chi connectivity index (χ1v) is 15.5. The van der Waals surface area contributed by atoms with E-state index in [-0.39, 0.29) is 6.61 Å². The van der Waals surface area contributed by atoms with Crippen LogP contribution in [-0.4, -0.2) is 29.3 Å². The lowest BCUT2D eigenvalue weighted by molar-refractivity contribution is -0.0692. The molecule has 0 saturated carbocycles. The van der Waals surface area contributed by atoms with Gasteiger partial charge in [0.2, 0.25) is 0 Å². The number of carbonyl (C=O) groups is 1. The molecule has 2 aromatic heterocycles. The number of alkyl halides is 4. The summed E-state index contributed by atoms with van der Waals surface area (Å²) < 4.78 is 67.4. The topological polar surface area (TPSA) is 73.8 Å². The van der Waals surface area contributed by atoms with E-state index in [4.69, 9.17) is 9.72 Å². The highest BCUT2D eigenvalue weighted by Crippen LogP contribution is 2.38. The zero-order valence-corrected chi connectivity index (χ0v) is 27.1. The van der Waals surface area contributed by atoms with Gasteiger partial charge in [0.05, 0.1) is 5.54 Å². The number of amides is 1. The third-order valence-electron chi connectivity index (χ3n) is 8.10. The zero-order chi connectivity index (χ0) is 35.0. The molecule has 0 spiro atoms. The molecule has 7 nitrogen and oxygen atoms in total. The highest BCUT2D eigenvalue weighted by atomic mass is 19.3. The molecule has 11 heteroatoms. The van der Waals surface area contributed by atoms with Crippen molar-refractivity contribution in [2.45, 2.75) is 58.5 Å². The molecule has 0 saturated heterocycles. The number of hydrogen-bond donors (Lipinski definition) is 0. The molecule has 3 aromatic carbocycles. The molecule has 1 atom stereocenters. The molecule has 0 radical (unpaired) electrons. The van der Waals surface area contributed by atoms with Crippen molar-refractivity contribution >= 4 is 11.9 Å². The van der Waals surface area contributed by atoms with Gasteiger partial charge in [0.1, 0.15) is 12.4 Å². The molecule has 5 aromatic rings. The number of pyridine rings is 2. The van der Waals surface area contributed by atoms with Crippen LogP contribution in [0.4, 0.5) is 28.2 Å². The Kier molecular flexibility index (Phi) is 11.1. The molecule has 0 aliphatic carbocycles. The van der Waals surface area contributed by atoms with Crippen LogP contribution in [0.25, 0.3) is 0 Å². The Morgan fingerprint density at radius 3 is 2.06 bits per heavy atom. The van der Waals surface area contributed by atoms with Crippen molar-refractivity contribution in [1.29, 1.82) is 0 Å². The third-order valence-corrected chi connectivity index (χ3v) is 8.10. The van der Waals surface area contributed by atoms with E-state index in [1.807, 2.05) is 87.5 Å². The fourth-order valence-corrected chi connectivity index (χ4v) is 5.52. The summed E-state index contributed by atoms with van der Waals surface area (Å²) in [7, 11) is 0. The van der Waals surface area contributed by atoms with E-state index in [0.29, 0.717) is 23.4 Å².